The highest BCUT2D eigenvalue weighted by atomic mass is 35.5. The third-order valence-electron chi connectivity index (χ3n) is 3.40. The van der Waals surface area contributed by atoms with Gasteiger partial charge in [0.15, 0.2) is 0 Å². The molecule has 1 heterocycles. The fourth-order valence-electron chi connectivity index (χ4n) is 2.31. The average molecular weight is 345 g/mol. The summed E-state index contributed by atoms with van der Waals surface area (Å²) < 4.78 is 13.0. The first-order chi connectivity index (χ1) is 10.5. The molecule has 0 atom stereocenters. The number of likely N-dealkylation sites (N-methyl/N-ethyl adjacent to an activating group) is 1. The van der Waals surface area contributed by atoms with E-state index in [-0.39, 0.29) is 37.3 Å². The Morgan fingerprint density at radius 1 is 1.30 bits per heavy atom. The maximum Gasteiger partial charge on any atom is 0.238 e. The smallest absolute Gasteiger partial charge is 0.238 e. The van der Waals surface area contributed by atoms with E-state index in [2.05, 4.69) is 10.6 Å². The summed E-state index contributed by atoms with van der Waals surface area (Å²) in [6.45, 7) is 3.26. The number of halogens is 2. The number of amides is 2. The average Bonchev–Trinajstić information content (AvgIpc) is 2.47. The predicted molar refractivity (Wildman–Crippen MR) is 89.2 cm³/mol. The van der Waals surface area contributed by atoms with E-state index in [0.29, 0.717) is 18.8 Å². The highest BCUT2D eigenvalue weighted by Crippen LogP contribution is 2.08. The predicted octanol–water partition coefficient (Wildman–Crippen LogP) is 0.550. The zero-order chi connectivity index (χ0) is 15.9. The molecule has 1 aliphatic heterocycles. The van der Waals surface area contributed by atoms with Crippen LogP contribution in [0.2, 0.25) is 0 Å². The summed E-state index contributed by atoms with van der Waals surface area (Å²) in [4.78, 5) is 27.4. The molecule has 0 saturated carbocycles. The van der Waals surface area contributed by atoms with Gasteiger partial charge in [0.25, 0.3) is 0 Å². The maximum atomic E-state index is 13.0. The van der Waals surface area contributed by atoms with Crippen LogP contribution in [0, 0.1) is 5.82 Å². The van der Waals surface area contributed by atoms with Gasteiger partial charge in [0.05, 0.1) is 13.1 Å². The number of benzene rings is 1. The lowest BCUT2D eigenvalue weighted by Crippen LogP contribution is -2.49. The second-order valence-electron chi connectivity index (χ2n) is 5.36. The lowest BCUT2D eigenvalue weighted by atomic mass is 10.3. The van der Waals surface area contributed by atoms with Crippen molar-refractivity contribution < 1.29 is 14.0 Å². The van der Waals surface area contributed by atoms with Crippen LogP contribution >= 0.6 is 12.4 Å². The van der Waals surface area contributed by atoms with Gasteiger partial charge in [-0.05, 0) is 25.2 Å². The minimum atomic E-state index is -0.403. The van der Waals surface area contributed by atoms with Crippen molar-refractivity contribution in [2.24, 2.45) is 0 Å². The Bertz CT molecular complexity index is 538. The summed E-state index contributed by atoms with van der Waals surface area (Å²) in [5.74, 6) is -0.663. The number of hydrogen-bond acceptors (Lipinski definition) is 4. The third-order valence-corrected chi connectivity index (χ3v) is 3.40. The molecule has 23 heavy (non-hydrogen) atoms. The number of carbonyl (C=O) groups excluding carboxylic acids is 2. The molecule has 1 aliphatic rings. The molecule has 1 aromatic rings. The van der Waals surface area contributed by atoms with E-state index in [9.17, 15) is 14.0 Å². The molecule has 0 radical (unpaired) electrons. The van der Waals surface area contributed by atoms with Gasteiger partial charge in [-0.15, -0.1) is 12.4 Å². The van der Waals surface area contributed by atoms with Gasteiger partial charge in [-0.1, -0.05) is 6.07 Å². The molecular formula is C15H22ClFN4O2. The summed E-state index contributed by atoms with van der Waals surface area (Å²) in [6, 6.07) is 5.72. The Hall–Kier alpha value is -1.70. The van der Waals surface area contributed by atoms with Gasteiger partial charge in [0.1, 0.15) is 5.82 Å². The molecule has 0 aromatic heterocycles. The molecule has 2 rings (SSSR count). The molecule has 0 aliphatic carbocycles. The van der Waals surface area contributed by atoms with Crippen molar-refractivity contribution in [3.63, 3.8) is 0 Å². The van der Waals surface area contributed by atoms with Crippen molar-refractivity contribution in [3.05, 3.63) is 30.1 Å². The van der Waals surface area contributed by atoms with Crippen LogP contribution in [-0.4, -0.2) is 67.9 Å². The number of nitrogens with one attached hydrogen (secondary N) is 2. The van der Waals surface area contributed by atoms with E-state index in [1.165, 1.54) is 18.2 Å². The van der Waals surface area contributed by atoms with E-state index in [0.717, 1.165) is 13.1 Å². The summed E-state index contributed by atoms with van der Waals surface area (Å²) in [7, 11) is 1.71. The van der Waals surface area contributed by atoms with Gasteiger partial charge in [0, 0.05) is 31.9 Å². The SMILES string of the molecule is CN(CC(=O)Nc1cccc(F)c1)CC(=O)N1CCNCC1.Cl. The van der Waals surface area contributed by atoms with Gasteiger partial charge in [-0.2, -0.15) is 0 Å². The van der Waals surface area contributed by atoms with Crippen molar-refractivity contribution in [2.45, 2.75) is 0 Å². The minimum Gasteiger partial charge on any atom is -0.339 e. The normalized spacial score (nSPS) is 14.3. The second-order valence-corrected chi connectivity index (χ2v) is 5.36. The van der Waals surface area contributed by atoms with Crippen molar-refractivity contribution in [3.8, 4) is 0 Å². The number of rotatable bonds is 5. The van der Waals surface area contributed by atoms with Crippen LogP contribution in [0.25, 0.3) is 0 Å². The van der Waals surface area contributed by atoms with Crippen LogP contribution in [0.1, 0.15) is 0 Å². The van der Waals surface area contributed by atoms with Crippen molar-refractivity contribution in [2.75, 3.05) is 51.6 Å². The van der Waals surface area contributed by atoms with Crippen LogP contribution < -0.4 is 10.6 Å². The number of carbonyl (C=O) groups is 2. The van der Waals surface area contributed by atoms with Crippen LogP contribution in [0.3, 0.4) is 0 Å². The molecule has 0 bridgehead atoms. The van der Waals surface area contributed by atoms with Crippen LogP contribution in [-0.2, 0) is 9.59 Å². The summed E-state index contributed by atoms with van der Waals surface area (Å²) in [5.41, 5.74) is 0.409. The molecule has 128 valence electrons. The van der Waals surface area contributed by atoms with E-state index in [1.54, 1.807) is 22.9 Å². The molecule has 1 fully saturated rings. The van der Waals surface area contributed by atoms with Gasteiger partial charge in [-0.3, -0.25) is 14.5 Å². The Morgan fingerprint density at radius 3 is 2.65 bits per heavy atom. The Kier molecular flexibility index (Phi) is 7.94. The molecule has 8 heteroatoms. The zero-order valence-corrected chi connectivity index (χ0v) is 13.9. The van der Waals surface area contributed by atoms with Crippen LogP contribution in [0.4, 0.5) is 10.1 Å². The first-order valence-corrected chi connectivity index (χ1v) is 7.27. The Balaban J connectivity index is 0.00000264. The number of anilines is 1. The fraction of sp³-hybridized carbons (Fsp3) is 0.467. The first kappa shape index (κ1) is 19.3. The van der Waals surface area contributed by atoms with Crippen molar-refractivity contribution >= 4 is 29.9 Å². The highest BCUT2D eigenvalue weighted by Gasteiger charge is 2.18. The van der Waals surface area contributed by atoms with Crippen molar-refractivity contribution in [1.29, 1.82) is 0 Å². The monoisotopic (exact) mass is 344 g/mol. The number of hydrogen-bond donors (Lipinski definition) is 2. The van der Waals surface area contributed by atoms with Gasteiger partial charge in [-0.25, -0.2) is 4.39 Å². The molecule has 2 amide bonds. The van der Waals surface area contributed by atoms with E-state index in [4.69, 9.17) is 0 Å². The molecule has 1 saturated heterocycles. The number of nitrogens with zero attached hydrogens (tertiary/aromatic N) is 2. The van der Waals surface area contributed by atoms with Crippen LogP contribution in [0.15, 0.2) is 24.3 Å². The summed E-state index contributed by atoms with van der Waals surface area (Å²) in [5, 5.41) is 5.80. The van der Waals surface area contributed by atoms with Crippen molar-refractivity contribution in [1.82, 2.24) is 15.1 Å². The second kappa shape index (κ2) is 9.44. The highest BCUT2D eigenvalue weighted by molar-refractivity contribution is 5.92. The van der Waals surface area contributed by atoms with Gasteiger partial charge >= 0.3 is 0 Å². The number of piperazine rings is 1. The molecule has 0 spiro atoms. The fourth-order valence-corrected chi connectivity index (χ4v) is 2.31. The molecule has 0 unspecified atom stereocenters. The molecular weight excluding hydrogens is 323 g/mol. The molecule has 2 N–H and O–H groups in total. The van der Waals surface area contributed by atoms with Crippen LogP contribution in [0.5, 0.6) is 0 Å². The van der Waals surface area contributed by atoms with E-state index in [1.807, 2.05) is 0 Å². The zero-order valence-electron chi connectivity index (χ0n) is 13.0. The topological polar surface area (TPSA) is 64.7 Å². The van der Waals surface area contributed by atoms with E-state index < -0.39 is 5.82 Å². The summed E-state index contributed by atoms with van der Waals surface area (Å²) >= 11 is 0. The summed E-state index contributed by atoms with van der Waals surface area (Å²) in [6.07, 6.45) is 0. The lowest BCUT2D eigenvalue weighted by molar-refractivity contribution is -0.133. The minimum absolute atomic E-state index is 0. The lowest BCUT2D eigenvalue weighted by Gasteiger charge is -2.29. The Labute approximate surface area is 141 Å². The third kappa shape index (κ3) is 6.52. The van der Waals surface area contributed by atoms with Gasteiger partial charge < -0.3 is 15.5 Å². The first-order valence-electron chi connectivity index (χ1n) is 7.27. The largest absolute Gasteiger partial charge is 0.339 e. The standard InChI is InChI=1S/C15H21FN4O2.ClH/c1-19(11-15(22)20-7-5-17-6-8-20)10-14(21)18-13-4-2-3-12(16)9-13;/h2-4,9,17H,5-8,10-11H2,1H3,(H,18,21);1H. The van der Waals surface area contributed by atoms with Gasteiger partial charge in [0.2, 0.25) is 11.8 Å². The Morgan fingerprint density at radius 2 is 2.00 bits per heavy atom. The molecule has 6 nitrogen and oxygen atoms in total. The van der Waals surface area contributed by atoms with E-state index >= 15 is 0 Å². The molecule has 1 aromatic carbocycles. The quantitative estimate of drug-likeness (QED) is 0.819. The maximum absolute atomic E-state index is 13.0.